The van der Waals surface area contributed by atoms with E-state index >= 15 is 0 Å². The average Bonchev–Trinajstić information content (AvgIpc) is 2.34. The molecule has 1 rings (SSSR count). The van der Waals surface area contributed by atoms with E-state index in [0.717, 1.165) is 39.5 Å². The lowest BCUT2D eigenvalue weighted by molar-refractivity contribution is 0.0476. The Kier molecular flexibility index (Phi) is 6.96. The Labute approximate surface area is 99.3 Å². The smallest absolute Gasteiger partial charge is 0.0632 e. The van der Waals surface area contributed by atoms with E-state index in [9.17, 15) is 0 Å². The Morgan fingerprint density at radius 2 is 2.38 bits per heavy atom. The van der Waals surface area contributed by atoms with E-state index in [1.54, 1.807) is 7.11 Å². The van der Waals surface area contributed by atoms with Gasteiger partial charge in [-0.1, -0.05) is 6.92 Å². The van der Waals surface area contributed by atoms with Crippen LogP contribution in [0.3, 0.4) is 0 Å². The number of hydrogen-bond acceptors (Lipinski definition) is 4. The first-order chi connectivity index (χ1) is 7.77. The monoisotopic (exact) mass is 230 g/mol. The molecule has 1 aliphatic rings. The molecule has 1 N–H and O–H groups in total. The van der Waals surface area contributed by atoms with Gasteiger partial charge in [-0.25, -0.2) is 0 Å². The number of morpholine rings is 1. The Morgan fingerprint density at radius 1 is 1.56 bits per heavy atom. The largest absolute Gasteiger partial charge is 0.383 e. The van der Waals surface area contributed by atoms with Crippen LogP contribution in [0.15, 0.2) is 0 Å². The summed E-state index contributed by atoms with van der Waals surface area (Å²) in [6.07, 6.45) is 1.18. The van der Waals surface area contributed by atoms with Crippen LogP contribution in [-0.4, -0.2) is 63.5 Å². The maximum atomic E-state index is 5.48. The Morgan fingerprint density at radius 3 is 2.94 bits per heavy atom. The second-order valence-corrected chi connectivity index (χ2v) is 4.47. The molecule has 0 aromatic carbocycles. The van der Waals surface area contributed by atoms with Gasteiger partial charge in [0, 0.05) is 38.8 Å². The second-order valence-electron chi connectivity index (χ2n) is 4.47. The van der Waals surface area contributed by atoms with Gasteiger partial charge in [0.15, 0.2) is 0 Å². The maximum absolute atomic E-state index is 5.48. The minimum absolute atomic E-state index is 0.472. The minimum atomic E-state index is 0.472. The van der Waals surface area contributed by atoms with Gasteiger partial charge >= 0.3 is 0 Å². The lowest BCUT2D eigenvalue weighted by Crippen LogP contribution is -2.51. The molecule has 1 saturated heterocycles. The van der Waals surface area contributed by atoms with Gasteiger partial charge in [-0.15, -0.1) is 0 Å². The molecule has 2 unspecified atom stereocenters. The quantitative estimate of drug-likeness (QED) is 0.699. The molecule has 0 aliphatic carbocycles. The highest BCUT2D eigenvalue weighted by atomic mass is 16.5. The molecular formula is C12H26N2O2. The normalized spacial score (nSPS) is 23.6. The molecule has 1 heterocycles. The third-order valence-electron chi connectivity index (χ3n) is 3.25. The highest BCUT2D eigenvalue weighted by Gasteiger charge is 2.19. The predicted octanol–water partition coefficient (Wildman–Crippen LogP) is 0.722. The van der Waals surface area contributed by atoms with Crippen LogP contribution in [0.2, 0.25) is 0 Å². The van der Waals surface area contributed by atoms with Gasteiger partial charge < -0.3 is 14.8 Å². The van der Waals surface area contributed by atoms with Gasteiger partial charge in [-0.2, -0.15) is 0 Å². The molecule has 4 nitrogen and oxygen atoms in total. The summed E-state index contributed by atoms with van der Waals surface area (Å²) >= 11 is 0. The van der Waals surface area contributed by atoms with Crippen molar-refractivity contribution >= 4 is 0 Å². The molecule has 96 valence electrons. The molecule has 4 heteroatoms. The molecule has 0 saturated carbocycles. The third kappa shape index (κ3) is 4.78. The summed E-state index contributed by atoms with van der Waals surface area (Å²) in [4.78, 5) is 2.48. The molecule has 16 heavy (non-hydrogen) atoms. The number of ether oxygens (including phenoxy) is 2. The van der Waals surface area contributed by atoms with Crippen LogP contribution in [0.4, 0.5) is 0 Å². The zero-order valence-corrected chi connectivity index (χ0v) is 10.9. The van der Waals surface area contributed by atoms with Crippen molar-refractivity contribution < 1.29 is 9.47 Å². The topological polar surface area (TPSA) is 33.7 Å². The fourth-order valence-corrected chi connectivity index (χ4v) is 1.98. The van der Waals surface area contributed by atoms with E-state index in [0.29, 0.717) is 12.1 Å². The van der Waals surface area contributed by atoms with Crippen molar-refractivity contribution in [1.29, 1.82) is 0 Å². The Balaban J connectivity index is 2.34. The van der Waals surface area contributed by atoms with Crippen LogP contribution in [0, 0.1) is 0 Å². The molecule has 0 spiro atoms. The Bertz CT molecular complexity index is 172. The van der Waals surface area contributed by atoms with Crippen molar-refractivity contribution in [3.05, 3.63) is 0 Å². The summed E-state index contributed by atoms with van der Waals surface area (Å²) in [6, 6.07) is 1.08. The molecule has 0 aromatic heterocycles. The van der Waals surface area contributed by atoms with Crippen LogP contribution in [-0.2, 0) is 9.47 Å². The molecular weight excluding hydrogens is 204 g/mol. The first kappa shape index (κ1) is 13.9. The SMILES string of the molecule is CCC(C)N(CCOC)CC1COCCN1. The number of methoxy groups -OCH3 is 1. The number of nitrogens with one attached hydrogen (secondary N) is 1. The van der Waals surface area contributed by atoms with E-state index in [2.05, 4.69) is 24.1 Å². The van der Waals surface area contributed by atoms with Crippen molar-refractivity contribution in [3.8, 4) is 0 Å². The molecule has 1 aliphatic heterocycles. The standard InChI is InChI=1S/C12H26N2O2/c1-4-11(2)14(6-8-15-3)9-12-10-16-7-5-13-12/h11-13H,4-10H2,1-3H3. The summed E-state index contributed by atoms with van der Waals surface area (Å²) < 4.78 is 10.6. The van der Waals surface area contributed by atoms with Crippen LogP contribution >= 0.6 is 0 Å². The van der Waals surface area contributed by atoms with E-state index in [4.69, 9.17) is 9.47 Å². The summed E-state index contributed by atoms with van der Waals surface area (Å²) in [5.74, 6) is 0. The van der Waals surface area contributed by atoms with Gasteiger partial charge in [0.2, 0.25) is 0 Å². The predicted molar refractivity (Wildman–Crippen MR) is 65.8 cm³/mol. The van der Waals surface area contributed by atoms with Crippen molar-refractivity contribution in [2.24, 2.45) is 0 Å². The third-order valence-corrected chi connectivity index (χ3v) is 3.25. The van der Waals surface area contributed by atoms with Crippen LogP contribution in [0.25, 0.3) is 0 Å². The first-order valence-electron chi connectivity index (χ1n) is 6.32. The van der Waals surface area contributed by atoms with E-state index in [1.807, 2.05) is 0 Å². The van der Waals surface area contributed by atoms with Crippen LogP contribution in [0.5, 0.6) is 0 Å². The fraction of sp³-hybridized carbons (Fsp3) is 1.00. The van der Waals surface area contributed by atoms with Gasteiger partial charge in [0.05, 0.1) is 19.8 Å². The van der Waals surface area contributed by atoms with Gasteiger partial charge in [0.1, 0.15) is 0 Å². The van der Waals surface area contributed by atoms with E-state index in [-0.39, 0.29) is 0 Å². The van der Waals surface area contributed by atoms with Crippen molar-refractivity contribution in [1.82, 2.24) is 10.2 Å². The van der Waals surface area contributed by atoms with Crippen molar-refractivity contribution in [2.75, 3.05) is 46.6 Å². The molecule has 0 radical (unpaired) electrons. The molecule has 2 atom stereocenters. The summed E-state index contributed by atoms with van der Waals surface area (Å²) in [6.45, 7) is 10.0. The number of rotatable bonds is 7. The summed E-state index contributed by atoms with van der Waals surface area (Å²) in [5.41, 5.74) is 0. The van der Waals surface area contributed by atoms with Gasteiger partial charge in [-0.3, -0.25) is 4.90 Å². The van der Waals surface area contributed by atoms with Crippen LogP contribution < -0.4 is 5.32 Å². The highest BCUT2D eigenvalue weighted by molar-refractivity contribution is 4.77. The van der Waals surface area contributed by atoms with Crippen molar-refractivity contribution in [3.63, 3.8) is 0 Å². The molecule has 0 aromatic rings. The maximum Gasteiger partial charge on any atom is 0.0632 e. The van der Waals surface area contributed by atoms with Crippen molar-refractivity contribution in [2.45, 2.75) is 32.4 Å². The molecule has 0 bridgehead atoms. The Hall–Kier alpha value is -0.160. The lowest BCUT2D eigenvalue weighted by Gasteiger charge is -2.33. The van der Waals surface area contributed by atoms with E-state index < -0.39 is 0 Å². The molecule has 0 amide bonds. The molecule has 1 fully saturated rings. The van der Waals surface area contributed by atoms with E-state index in [1.165, 1.54) is 6.42 Å². The summed E-state index contributed by atoms with van der Waals surface area (Å²) in [5, 5.41) is 3.50. The summed E-state index contributed by atoms with van der Waals surface area (Å²) in [7, 11) is 1.76. The fourth-order valence-electron chi connectivity index (χ4n) is 1.98. The van der Waals surface area contributed by atoms with Crippen LogP contribution in [0.1, 0.15) is 20.3 Å². The van der Waals surface area contributed by atoms with Gasteiger partial charge in [-0.05, 0) is 13.3 Å². The zero-order chi connectivity index (χ0) is 11.8. The second kappa shape index (κ2) is 8.01. The van der Waals surface area contributed by atoms with Gasteiger partial charge in [0.25, 0.3) is 0 Å². The lowest BCUT2D eigenvalue weighted by atomic mass is 10.1. The number of hydrogen-bond donors (Lipinski definition) is 1. The first-order valence-corrected chi connectivity index (χ1v) is 6.32. The number of nitrogens with zero attached hydrogens (tertiary/aromatic N) is 1. The average molecular weight is 230 g/mol. The highest BCUT2D eigenvalue weighted by Crippen LogP contribution is 2.06. The zero-order valence-electron chi connectivity index (χ0n) is 10.9. The minimum Gasteiger partial charge on any atom is -0.383 e.